The SMILES string of the molecule is Cc1nn(C)c(C)c1CC(C)C(=O)NCCCN.Cl.Cl. The molecule has 3 N–H and O–H groups in total. The molecule has 0 radical (unpaired) electrons. The topological polar surface area (TPSA) is 72.9 Å². The highest BCUT2D eigenvalue weighted by Gasteiger charge is 2.17. The molecule has 1 heterocycles. The summed E-state index contributed by atoms with van der Waals surface area (Å²) < 4.78 is 1.86. The van der Waals surface area contributed by atoms with Crippen LogP contribution in [0, 0.1) is 19.8 Å². The zero-order valence-electron chi connectivity index (χ0n) is 12.6. The van der Waals surface area contributed by atoms with Gasteiger partial charge in [0.15, 0.2) is 0 Å². The van der Waals surface area contributed by atoms with Crippen molar-refractivity contribution in [3.63, 3.8) is 0 Å². The van der Waals surface area contributed by atoms with Crippen LogP contribution in [0.5, 0.6) is 0 Å². The van der Waals surface area contributed by atoms with Crippen molar-refractivity contribution in [2.45, 2.75) is 33.6 Å². The predicted octanol–water partition coefficient (Wildman–Crippen LogP) is 1.52. The third-order valence-corrected chi connectivity index (χ3v) is 3.30. The largest absolute Gasteiger partial charge is 0.356 e. The average Bonchev–Trinajstić information content (AvgIpc) is 2.56. The molecule has 7 heteroatoms. The fraction of sp³-hybridized carbons (Fsp3) is 0.692. The van der Waals surface area contributed by atoms with Crippen LogP contribution in [0.25, 0.3) is 0 Å². The van der Waals surface area contributed by atoms with E-state index in [-0.39, 0.29) is 36.6 Å². The number of aromatic nitrogens is 2. The van der Waals surface area contributed by atoms with Gasteiger partial charge in [-0.2, -0.15) is 5.10 Å². The number of aryl methyl sites for hydroxylation is 2. The van der Waals surface area contributed by atoms with E-state index < -0.39 is 0 Å². The van der Waals surface area contributed by atoms with Crippen LogP contribution in [0.1, 0.15) is 30.3 Å². The van der Waals surface area contributed by atoms with Gasteiger partial charge in [-0.3, -0.25) is 9.48 Å². The van der Waals surface area contributed by atoms with Gasteiger partial charge in [0, 0.05) is 25.2 Å². The van der Waals surface area contributed by atoms with E-state index in [1.54, 1.807) is 0 Å². The van der Waals surface area contributed by atoms with Crippen LogP contribution in [0.3, 0.4) is 0 Å². The predicted molar refractivity (Wildman–Crippen MR) is 86.7 cm³/mol. The number of nitrogens with zero attached hydrogens (tertiary/aromatic N) is 2. The Bertz CT molecular complexity index is 421. The first-order valence-corrected chi connectivity index (χ1v) is 6.44. The maximum atomic E-state index is 11.9. The first-order chi connectivity index (χ1) is 8.47. The third kappa shape index (κ3) is 5.69. The summed E-state index contributed by atoms with van der Waals surface area (Å²) in [6.07, 6.45) is 1.56. The molecule has 20 heavy (non-hydrogen) atoms. The fourth-order valence-electron chi connectivity index (χ4n) is 2.00. The fourth-order valence-corrected chi connectivity index (χ4v) is 2.00. The van der Waals surface area contributed by atoms with Crippen LogP contribution < -0.4 is 11.1 Å². The highest BCUT2D eigenvalue weighted by atomic mass is 35.5. The molecule has 0 spiro atoms. The molecule has 1 amide bonds. The van der Waals surface area contributed by atoms with Gasteiger partial charge in [-0.05, 0) is 38.8 Å². The second-order valence-corrected chi connectivity index (χ2v) is 4.81. The number of nitrogens with one attached hydrogen (secondary N) is 1. The first-order valence-electron chi connectivity index (χ1n) is 6.44. The average molecular weight is 325 g/mol. The van der Waals surface area contributed by atoms with Gasteiger partial charge < -0.3 is 11.1 Å². The van der Waals surface area contributed by atoms with Gasteiger partial charge in [0.2, 0.25) is 5.91 Å². The number of amides is 1. The molecular formula is C13H26Cl2N4O. The minimum Gasteiger partial charge on any atom is -0.356 e. The monoisotopic (exact) mass is 324 g/mol. The Morgan fingerprint density at radius 3 is 2.45 bits per heavy atom. The van der Waals surface area contributed by atoms with Crippen LogP contribution in [0.15, 0.2) is 0 Å². The van der Waals surface area contributed by atoms with Gasteiger partial charge >= 0.3 is 0 Å². The number of carbonyl (C=O) groups is 1. The molecule has 5 nitrogen and oxygen atoms in total. The van der Waals surface area contributed by atoms with Gasteiger partial charge in [-0.25, -0.2) is 0 Å². The van der Waals surface area contributed by atoms with E-state index in [4.69, 9.17) is 5.73 Å². The molecular weight excluding hydrogens is 299 g/mol. The standard InChI is InChI=1S/C13H24N4O.2ClH/c1-9(13(18)15-7-5-6-14)8-12-10(2)16-17(4)11(12)3;;/h9H,5-8,14H2,1-4H3,(H,15,18);2*1H. The lowest BCUT2D eigenvalue weighted by molar-refractivity contribution is -0.124. The van der Waals surface area contributed by atoms with Crippen molar-refractivity contribution in [2.24, 2.45) is 18.7 Å². The van der Waals surface area contributed by atoms with Crippen molar-refractivity contribution in [3.05, 3.63) is 17.0 Å². The van der Waals surface area contributed by atoms with Crippen LogP contribution in [0.4, 0.5) is 0 Å². The van der Waals surface area contributed by atoms with Gasteiger partial charge in [0.25, 0.3) is 0 Å². The van der Waals surface area contributed by atoms with Crippen molar-refractivity contribution in [1.82, 2.24) is 15.1 Å². The number of halogens is 2. The molecule has 0 saturated carbocycles. The summed E-state index contributed by atoms with van der Waals surface area (Å²) in [6, 6.07) is 0. The summed E-state index contributed by atoms with van der Waals surface area (Å²) in [5.74, 6) is 0.0514. The number of hydrogen-bond donors (Lipinski definition) is 2. The maximum absolute atomic E-state index is 11.9. The first kappa shape index (κ1) is 21.5. The number of hydrogen-bond acceptors (Lipinski definition) is 3. The summed E-state index contributed by atoms with van der Waals surface area (Å²) in [6.45, 7) is 7.24. The molecule has 0 saturated heterocycles. The Kier molecular flexibility index (Phi) is 10.8. The van der Waals surface area contributed by atoms with Crippen molar-refractivity contribution >= 4 is 30.7 Å². The Labute approximate surface area is 133 Å². The summed E-state index contributed by atoms with van der Waals surface area (Å²) in [7, 11) is 1.93. The molecule has 1 rings (SSSR count). The van der Waals surface area contributed by atoms with Gasteiger partial charge in [-0.15, -0.1) is 24.8 Å². The van der Waals surface area contributed by atoms with Crippen LogP contribution in [-0.2, 0) is 18.3 Å². The molecule has 0 aliphatic heterocycles. The Hall–Kier alpha value is -0.780. The smallest absolute Gasteiger partial charge is 0.223 e. The Morgan fingerprint density at radius 2 is 2.00 bits per heavy atom. The van der Waals surface area contributed by atoms with E-state index in [0.29, 0.717) is 13.1 Å². The Morgan fingerprint density at radius 1 is 1.40 bits per heavy atom. The number of carbonyl (C=O) groups excluding carboxylic acids is 1. The van der Waals surface area contributed by atoms with Crippen molar-refractivity contribution in [3.8, 4) is 0 Å². The third-order valence-electron chi connectivity index (χ3n) is 3.30. The van der Waals surface area contributed by atoms with Crippen LogP contribution in [0.2, 0.25) is 0 Å². The van der Waals surface area contributed by atoms with E-state index in [2.05, 4.69) is 10.4 Å². The van der Waals surface area contributed by atoms with E-state index in [0.717, 1.165) is 24.2 Å². The quantitative estimate of drug-likeness (QED) is 0.779. The zero-order chi connectivity index (χ0) is 13.7. The Balaban J connectivity index is 0. The minimum atomic E-state index is -0.0376. The van der Waals surface area contributed by atoms with Crippen LogP contribution in [-0.4, -0.2) is 28.8 Å². The lowest BCUT2D eigenvalue weighted by Gasteiger charge is -2.12. The number of rotatable bonds is 6. The maximum Gasteiger partial charge on any atom is 0.223 e. The number of nitrogens with two attached hydrogens (primary N) is 1. The van der Waals surface area contributed by atoms with Crippen LogP contribution >= 0.6 is 24.8 Å². The molecule has 118 valence electrons. The lowest BCUT2D eigenvalue weighted by Crippen LogP contribution is -2.32. The van der Waals surface area contributed by atoms with E-state index in [1.165, 1.54) is 5.56 Å². The molecule has 0 aromatic carbocycles. The summed E-state index contributed by atoms with van der Waals surface area (Å²) >= 11 is 0. The van der Waals surface area contributed by atoms with Crippen molar-refractivity contribution in [1.29, 1.82) is 0 Å². The van der Waals surface area contributed by atoms with Gasteiger partial charge in [0.05, 0.1) is 5.69 Å². The molecule has 1 unspecified atom stereocenters. The van der Waals surface area contributed by atoms with E-state index in [1.807, 2.05) is 32.5 Å². The highest BCUT2D eigenvalue weighted by Crippen LogP contribution is 2.16. The molecule has 0 bridgehead atoms. The summed E-state index contributed by atoms with van der Waals surface area (Å²) in [5, 5.41) is 7.27. The molecule has 0 aliphatic carbocycles. The molecule has 1 aromatic rings. The second-order valence-electron chi connectivity index (χ2n) is 4.81. The zero-order valence-corrected chi connectivity index (χ0v) is 14.2. The van der Waals surface area contributed by atoms with Gasteiger partial charge in [0.1, 0.15) is 0 Å². The molecule has 0 aliphatic rings. The summed E-state index contributed by atoms with van der Waals surface area (Å²) in [4.78, 5) is 11.9. The second kappa shape index (κ2) is 10.0. The van der Waals surface area contributed by atoms with Crippen molar-refractivity contribution < 1.29 is 4.79 Å². The van der Waals surface area contributed by atoms with E-state index in [9.17, 15) is 4.79 Å². The molecule has 1 aromatic heterocycles. The highest BCUT2D eigenvalue weighted by molar-refractivity contribution is 5.85. The lowest BCUT2D eigenvalue weighted by atomic mass is 9.99. The molecule has 1 atom stereocenters. The van der Waals surface area contributed by atoms with Gasteiger partial charge in [-0.1, -0.05) is 6.92 Å². The normalized spacial score (nSPS) is 11.2. The van der Waals surface area contributed by atoms with E-state index >= 15 is 0 Å². The minimum absolute atomic E-state index is 0. The van der Waals surface area contributed by atoms with Crippen molar-refractivity contribution in [2.75, 3.05) is 13.1 Å². The summed E-state index contributed by atoms with van der Waals surface area (Å²) in [5.41, 5.74) is 8.72. The molecule has 0 fully saturated rings.